The minimum Gasteiger partial charge on any atom is -0.496 e. The van der Waals surface area contributed by atoms with Gasteiger partial charge < -0.3 is 15.0 Å². The first-order valence-electron chi connectivity index (χ1n) is 6.32. The van der Waals surface area contributed by atoms with Crippen LogP contribution >= 0.6 is 11.3 Å². The quantitative estimate of drug-likeness (QED) is 0.911. The zero-order valence-electron chi connectivity index (χ0n) is 10.9. The van der Waals surface area contributed by atoms with E-state index >= 15 is 0 Å². The van der Waals surface area contributed by atoms with E-state index in [0.29, 0.717) is 6.04 Å². The lowest BCUT2D eigenvalue weighted by Crippen LogP contribution is -2.37. The lowest BCUT2D eigenvalue weighted by atomic mass is 10.1. The first-order valence-corrected chi connectivity index (χ1v) is 7.20. The summed E-state index contributed by atoms with van der Waals surface area (Å²) < 4.78 is 5.12. The molecule has 1 saturated heterocycles. The number of hydrogen-bond donors (Lipinski definition) is 1. The third-order valence-corrected chi connectivity index (χ3v) is 4.33. The number of carbonyl (C=O) groups is 1. The van der Waals surface area contributed by atoms with Crippen LogP contribution in [-0.2, 0) is 0 Å². The number of amides is 1. The predicted octanol–water partition coefficient (Wildman–Crippen LogP) is 1.97. The van der Waals surface area contributed by atoms with E-state index in [-0.39, 0.29) is 5.91 Å². The Bertz CT molecular complexity index is 397. The zero-order chi connectivity index (χ0) is 13.0. The van der Waals surface area contributed by atoms with Crippen molar-refractivity contribution in [3.8, 4) is 5.75 Å². The average molecular weight is 268 g/mol. The lowest BCUT2D eigenvalue weighted by molar-refractivity contribution is 0.0725. The van der Waals surface area contributed by atoms with Gasteiger partial charge in [-0.25, -0.2) is 0 Å². The van der Waals surface area contributed by atoms with E-state index in [1.807, 2.05) is 23.4 Å². The smallest absolute Gasteiger partial charge is 0.264 e. The Kier molecular flexibility index (Phi) is 4.60. The Labute approximate surface area is 112 Å². The van der Waals surface area contributed by atoms with Crippen LogP contribution in [0.15, 0.2) is 11.4 Å². The molecule has 1 amide bonds. The van der Waals surface area contributed by atoms with E-state index in [0.717, 1.165) is 43.0 Å². The molecule has 0 saturated carbocycles. The minimum atomic E-state index is 0.107. The summed E-state index contributed by atoms with van der Waals surface area (Å²) in [4.78, 5) is 15.0. The summed E-state index contributed by atoms with van der Waals surface area (Å²) in [5, 5.41) is 5.24. The molecule has 1 unspecified atom stereocenters. The SMILES string of the molecule is COc1csc(C(=O)N(C)C2CCCNCC2)c1. The fourth-order valence-electron chi connectivity index (χ4n) is 2.27. The molecule has 0 aliphatic carbocycles. The van der Waals surface area contributed by atoms with E-state index in [9.17, 15) is 4.79 Å². The fraction of sp³-hybridized carbons (Fsp3) is 0.615. The third kappa shape index (κ3) is 3.03. The molecule has 0 bridgehead atoms. The van der Waals surface area contributed by atoms with Gasteiger partial charge >= 0.3 is 0 Å². The normalized spacial score (nSPS) is 20.2. The molecule has 1 aliphatic rings. The Morgan fingerprint density at radius 2 is 2.33 bits per heavy atom. The van der Waals surface area contributed by atoms with Crippen LogP contribution in [0.1, 0.15) is 28.9 Å². The molecule has 1 atom stereocenters. The van der Waals surface area contributed by atoms with Crippen LogP contribution < -0.4 is 10.1 Å². The lowest BCUT2D eigenvalue weighted by Gasteiger charge is -2.26. The van der Waals surface area contributed by atoms with Crippen LogP contribution in [0.5, 0.6) is 5.75 Å². The molecule has 2 heterocycles. The van der Waals surface area contributed by atoms with E-state index in [1.54, 1.807) is 7.11 Å². The number of nitrogens with zero attached hydrogens (tertiary/aromatic N) is 1. The highest BCUT2D eigenvalue weighted by atomic mass is 32.1. The van der Waals surface area contributed by atoms with Crippen LogP contribution in [0.4, 0.5) is 0 Å². The van der Waals surface area contributed by atoms with E-state index < -0.39 is 0 Å². The van der Waals surface area contributed by atoms with E-state index in [1.165, 1.54) is 11.3 Å². The molecule has 1 N–H and O–H groups in total. The van der Waals surface area contributed by atoms with Crippen molar-refractivity contribution >= 4 is 17.2 Å². The van der Waals surface area contributed by atoms with Crippen molar-refractivity contribution in [3.05, 3.63) is 16.3 Å². The molecule has 100 valence electrons. The molecule has 18 heavy (non-hydrogen) atoms. The molecule has 4 nitrogen and oxygen atoms in total. The topological polar surface area (TPSA) is 41.6 Å². The third-order valence-electron chi connectivity index (χ3n) is 3.44. The molecule has 1 aromatic rings. The maximum absolute atomic E-state index is 12.3. The number of carbonyl (C=O) groups excluding carboxylic acids is 1. The molecule has 1 aliphatic heterocycles. The molecule has 5 heteroatoms. The van der Waals surface area contributed by atoms with Crippen molar-refractivity contribution in [3.63, 3.8) is 0 Å². The molecule has 0 aromatic carbocycles. The highest BCUT2D eigenvalue weighted by Gasteiger charge is 2.23. The Balaban J connectivity index is 2.02. The van der Waals surface area contributed by atoms with Crippen LogP contribution in [0.2, 0.25) is 0 Å². The van der Waals surface area contributed by atoms with Crippen molar-refractivity contribution < 1.29 is 9.53 Å². The van der Waals surface area contributed by atoms with Crippen molar-refractivity contribution in [2.24, 2.45) is 0 Å². The summed E-state index contributed by atoms with van der Waals surface area (Å²) >= 11 is 1.45. The summed E-state index contributed by atoms with van der Waals surface area (Å²) in [6, 6.07) is 2.17. The monoisotopic (exact) mass is 268 g/mol. The number of nitrogens with one attached hydrogen (secondary N) is 1. The molecule has 0 spiro atoms. The Hall–Kier alpha value is -1.07. The molecule has 0 radical (unpaired) electrons. The number of methoxy groups -OCH3 is 1. The van der Waals surface area contributed by atoms with Crippen molar-refractivity contribution in [2.45, 2.75) is 25.3 Å². The maximum atomic E-state index is 12.3. The van der Waals surface area contributed by atoms with E-state index in [2.05, 4.69) is 5.32 Å². The van der Waals surface area contributed by atoms with Gasteiger partial charge in [0.05, 0.1) is 12.0 Å². The highest BCUT2D eigenvalue weighted by Crippen LogP contribution is 2.24. The van der Waals surface area contributed by atoms with Gasteiger partial charge in [0.25, 0.3) is 5.91 Å². The number of rotatable bonds is 3. The fourth-order valence-corrected chi connectivity index (χ4v) is 3.10. The molecule has 1 aromatic heterocycles. The first kappa shape index (κ1) is 13.4. The van der Waals surface area contributed by atoms with Crippen LogP contribution in [0, 0.1) is 0 Å². The minimum absolute atomic E-state index is 0.107. The van der Waals surface area contributed by atoms with Gasteiger partial charge in [-0.05, 0) is 32.4 Å². The van der Waals surface area contributed by atoms with Crippen LogP contribution in [-0.4, -0.2) is 44.1 Å². The summed E-state index contributed by atoms with van der Waals surface area (Å²) in [7, 11) is 3.53. The number of thiophene rings is 1. The molecule has 1 fully saturated rings. The van der Waals surface area contributed by atoms with Gasteiger partial charge in [-0.1, -0.05) is 0 Å². The second-order valence-electron chi connectivity index (χ2n) is 4.60. The molecular weight excluding hydrogens is 248 g/mol. The summed E-state index contributed by atoms with van der Waals surface area (Å²) in [6.07, 6.45) is 3.25. The Morgan fingerprint density at radius 3 is 3.06 bits per heavy atom. The van der Waals surface area contributed by atoms with E-state index in [4.69, 9.17) is 4.74 Å². The number of hydrogen-bond acceptors (Lipinski definition) is 4. The highest BCUT2D eigenvalue weighted by molar-refractivity contribution is 7.12. The van der Waals surface area contributed by atoms with Crippen molar-refractivity contribution in [1.82, 2.24) is 10.2 Å². The van der Waals surface area contributed by atoms with Crippen molar-refractivity contribution in [1.29, 1.82) is 0 Å². The van der Waals surface area contributed by atoms with Gasteiger partial charge in [-0.2, -0.15) is 0 Å². The van der Waals surface area contributed by atoms with Gasteiger partial charge in [0.15, 0.2) is 0 Å². The maximum Gasteiger partial charge on any atom is 0.264 e. The zero-order valence-corrected chi connectivity index (χ0v) is 11.8. The van der Waals surface area contributed by atoms with Gasteiger partial charge in [0, 0.05) is 24.5 Å². The molecular formula is C13H20N2O2S. The second-order valence-corrected chi connectivity index (χ2v) is 5.51. The van der Waals surface area contributed by atoms with Gasteiger partial charge in [0.1, 0.15) is 5.75 Å². The second kappa shape index (κ2) is 6.20. The van der Waals surface area contributed by atoms with Crippen molar-refractivity contribution in [2.75, 3.05) is 27.2 Å². The Morgan fingerprint density at radius 1 is 1.50 bits per heavy atom. The summed E-state index contributed by atoms with van der Waals surface area (Å²) in [6.45, 7) is 2.06. The standard InChI is InChI=1S/C13H20N2O2S/c1-15(10-4-3-6-14-7-5-10)13(16)12-8-11(17-2)9-18-12/h8-10,14H,3-7H2,1-2H3. The van der Waals surface area contributed by atoms with Gasteiger partial charge in [-0.15, -0.1) is 11.3 Å². The first-order chi connectivity index (χ1) is 8.72. The largest absolute Gasteiger partial charge is 0.496 e. The predicted molar refractivity (Wildman–Crippen MR) is 73.5 cm³/mol. The average Bonchev–Trinajstić information content (AvgIpc) is 2.71. The summed E-state index contributed by atoms with van der Waals surface area (Å²) in [5.74, 6) is 0.870. The van der Waals surface area contributed by atoms with Gasteiger partial charge in [-0.3, -0.25) is 4.79 Å². The molecule has 2 rings (SSSR count). The summed E-state index contributed by atoms with van der Waals surface area (Å²) in [5.41, 5.74) is 0. The van der Waals surface area contributed by atoms with Gasteiger partial charge in [0.2, 0.25) is 0 Å². The number of ether oxygens (including phenoxy) is 1. The van der Waals surface area contributed by atoms with Crippen LogP contribution in [0.25, 0.3) is 0 Å². The van der Waals surface area contributed by atoms with Crippen LogP contribution in [0.3, 0.4) is 0 Å².